The molecule has 0 atom stereocenters. The van der Waals surface area contributed by atoms with Gasteiger partial charge in [-0.3, -0.25) is 0 Å². The molecule has 0 spiro atoms. The second-order valence-corrected chi connectivity index (χ2v) is 3.59. The van der Waals surface area contributed by atoms with E-state index in [1.807, 2.05) is 0 Å². The van der Waals surface area contributed by atoms with Gasteiger partial charge in [0.1, 0.15) is 12.7 Å². The minimum atomic E-state index is -1.21. The molecule has 2 aromatic heterocycles. The zero-order chi connectivity index (χ0) is 9.10. The van der Waals surface area contributed by atoms with Crippen molar-refractivity contribution in [1.29, 1.82) is 0 Å². The Balaban J connectivity index is 2.29. The minimum absolute atomic E-state index is 1.21. The van der Waals surface area contributed by atoms with Crippen LogP contribution >= 0.6 is 8.45 Å². The summed E-state index contributed by atoms with van der Waals surface area (Å²) in [6.07, 6.45) is 2.88. The highest BCUT2D eigenvalue weighted by Gasteiger charge is 2.15. The van der Waals surface area contributed by atoms with Crippen molar-refractivity contribution in [3.8, 4) is 0 Å². The highest BCUT2D eigenvalue weighted by atomic mass is 31.2. The Hall–Kier alpha value is -1.47. The third-order valence-electron chi connectivity index (χ3n) is 1.19. The summed E-state index contributed by atoms with van der Waals surface area (Å²) < 4.78 is 8.04. The van der Waals surface area contributed by atoms with E-state index >= 15 is 0 Å². The molecule has 0 bridgehead atoms. The van der Waals surface area contributed by atoms with Crippen molar-refractivity contribution in [2.24, 2.45) is 0 Å². The average Bonchev–Trinajstić information content (AvgIpc) is 2.76. The van der Waals surface area contributed by atoms with E-state index in [-0.39, 0.29) is 0 Å². The van der Waals surface area contributed by atoms with Crippen molar-refractivity contribution >= 4 is 8.45 Å². The Morgan fingerprint density at radius 2 is 1.62 bits per heavy atom. The van der Waals surface area contributed by atoms with Gasteiger partial charge in [-0.1, -0.05) is 0 Å². The number of aromatic nitrogens is 8. The molecule has 0 aliphatic rings. The summed E-state index contributed by atoms with van der Waals surface area (Å²) in [5.41, 5.74) is 0. The van der Waals surface area contributed by atoms with Gasteiger partial charge in [0.15, 0.2) is 0 Å². The number of hydrogen-bond donors (Lipinski definition) is 0. The first-order valence-electron chi connectivity index (χ1n) is 3.22. The molecule has 0 fully saturated rings. The molecule has 0 aromatic carbocycles. The summed E-state index contributed by atoms with van der Waals surface area (Å²) in [6, 6.07) is 0. The first kappa shape index (κ1) is 8.14. The summed E-state index contributed by atoms with van der Waals surface area (Å²) in [4.78, 5) is 0. The number of rotatable bonds is 3. The highest BCUT2D eigenvalue weighted by molar-refractivity contribution is 7.48. The van der Waals surface area contributed by atoms with Crippen LogP contribution in [0.5, 0.6) is 0 Å². The molecule has 0 amide bonds. The lowest BCUT2D eigenvalue weighted by molar-refractivity contribution is 0.436. The summed E-state index contributed by atoms with van der Waals surface area (Å²) in [5, 5.41) is 21.3. The molecule has 0 radical (unpaired) electrons. The Kier molecular flexibility index (Phi) is 2.19. The smallest absolute Gasteiger partial charge is 0.296 e. The zero-order valence-corrected chi connectivity index (χ0v) is 7.48. The highest BCUT2D eigenvalue weighted by Crippen LogP contribution is 2.35. The fourth-order valence-electron chi connectivity index (χ4n) is 0.731. The monoisotopic (exact) mass is 200 g/mol. The molecule has 9 nitrogen and oxygen atoms in total. The first-order chi connectivity index (χ1) is 6.42. The summed E-state index contributed by atoms with van der Waals surface area (Å²) in [5.74, 6) is 0. The molecule has 0 saturated heterocycles. The Labute approximate surface area is 73.6 Å². The maximum Gasteiger partial charge on any atom is 0.296 e. The summed E-state index contributed by atoms with van der Waals surface area (Å²) in [6.45, 7) is 0. The van der Waals surface area contributed by atoms with E-state index in [0.29, 0.717) is 0 Å². The van der Waals surface area contributed by atoms with Gasteiger partial charge in [0.25, 0.3) is 8.45 Å². The molecule has 0 unspecified atom stereocenters. The number of hydrogen-bond acceptors (Lipinski definition) is 7. The summed E-state index contributed by atoms with van der Waals surface area (Å²) >= 11 is 0. The van der Waals surface area contributed by atoms with Gasteiger partial charge in [0.2, 0.25) is 0 Å². The lowest BCUT2D eigenvalue weighted by atomic mass is 11.4. The van der Waals surface area contributed by atoms with E-state index in [4.69, 9.17) is 4.52 Å². The SMILES string of the molecule is COP(n1cnnn1)n1cnnn1. The molecular formula is C3H5N8OP. The number of tetrazole rings is 2. The molecule has 10 heteroatoms. The van der Waals surface area contributed by atoms with Crippen LogP contribution in [-0.4, -0.2) is 47.1 Å². The molecule has 68 valence electrons. The molecule has 0 aliphatic carbocycles. The lowest BCUT2D eigenvalue weighted by Crippen LogP contribution is -2.04. The predicted molar refractivity (Wildman–Crippen MR) is 40.4 cm³/mol. The van der Waals surface area contributed by atoms with E-state index in [1.165, 1.54) is 28.7 Å². The predicted octanol–water partition coefficient (Wildman–Crippen LogP) is -1.07. The molecule has 0 N–H and O–H groups in total. The van der Waals surface area contributed by atoms with Crippen LogP contribution in [-0.2, 0) is 4.52 Å². The van der Waals surface area contributed by atoms with Crippen LogP contribution in [0, 0.1) is 0 Å². The fourth-order valence-corrected chi connectivity index (χ4v) is 1.73. The van der Waals surface area contributed by atoms with Crippen molar-refractivity contribution in [3.05, 3.63) is 12.7 Å². The third-order valence-corrected chi connectivity index (χ3v) is 2.58. The first-order valence-corrected chi connectivity index (χ1v) is 4.39. The topological polar surface area (TPSA) is 96.4 Å². The van der Waals surface area contributed by atoms with Crippen LogP contribution in [0.4, 0.5) is 0 Å². The Morgan fingerprint density at radius 3 is 1.92 bits per heavy atom. The molecule has 0 aliphatic heterocycles. The maximum absolute atomic E-state index is 5.14. The zero-order valence-electron chi connectivity index (χ0n) is 6.59. The van der Waals surface area contributed by atoms with Crippen molar-refractivity contribution in [2.45, 2.75) is 0 Å². The van der Waals surface area contributed by atoms with Crippen molar-refractivity contribution in [2.75, 3.05) is 7.11 Å². The van der Waals surface area contributed by atoms with Gasteiger partial charge in [0.05, 0.1) is 0 Å². The van der Waals surface area contributed by atoms with Gasteiger partial charge in [0, 0.05) is 7.11 Å². The van der Waals surface area contributed by atoms with E-state index in [0.717, 1.165) is 0 Å². The van der Waals surface area contributed by atoms with E-state index in [1.54, 1.807) is 0 Å². The molecular weight excluding hydrogens is 195 g/mol. The van der Waals surface area contributed by atoms with Crippen LogP contribution in [0.25, 0.3) is 0 Å². The lowest BCUT2D eigenvalue weighted by Gasteiger charge is -2.09. The number of nitrogens with zero attached hydrogens (tertiary/aromatic N) is 8. The van der Waals surface area contributed by atoms with Gasteiger partial charge >= 0.3 is 0 Å². The average molecular weight is 200 g/mol. The molecule has 2 rings (SSSR count). The van der Waals surface area contributed by atoms with Gasteiger partial charge < -0.3 is 4.52 Å². The third kappa shape index (κ3) is 1.51. The van der Waals surface area contributed by atoms with Gasteiger partial charge in [-0.15, -0.1) is 10.2 Å². The maximum atomic E-state index is 5.14. The molecule has 2 aromatic rings. The van der Waals surface area contributed by atoms with Crippen LogP contribution in [0.15, 0.2) is 12.7 Å². The second kappa shape index (κ2) is 3.50. The van der Waals surface area contributed by atoms with E-state index in [9.17, 15) is 0 Å². The Morgan fingerprint density at radius 1 is 1.08 bits per heavy atom. The molecule has 2 heterocycles. The van der Waals surface area contributed by atoms with Crippen molar-refractivity contribution in [1.82, 2.24) is 40.0 Å². The Bertz CT molecular complexity index is 309. The van der Waals surface area contributed by atoms with Gasteiger partial charge in [-0.25, -0.2) is 0 Å². The van der Waals surface area contributed by atoms with Crippen LogP contribution in [0.1, 0.15) is 0 Å². The molecule has 13 heavy (non-hydrogen) atoms. The van der Waals surface area contributed by atoms with Crippen LogP contribution < -0.4 is 0 Å². The normalized spacial score (nSPS) is 10.9. The van der Waals surface area contributed by atoms with Crippen molar-refractivity contribution < 1.29 is 4.52 Å². The van der Waals surface area contributed by atoms with Crippen LogP contribution in [0.3, 0.4) is 0 Å². The fraction of sp³-hybridized carbons (Fsp3) is 0.333. The quantitative estimate of drug-likeness (QED) is 0.582. The minimum Gasteiger partial charge on any atom is -0.323 e. The van der Waals surface area contributed by atoms with Gasteiger partial charge in [-0.05, 0) is 20.9 Å². The van der Waals surface area contributed by atoms with Crippen LogP contribution in [0.2, 0.25) is 0 Å². The van der Waals surface area contributed by atoms with Gasteiger partial charge in [-0.2, -0.15) is 8.90 Å². The standard InChI is InChI=1S/C3H5N8OP/c1-12-13(10-2-4-6-8-10)11-3-5-7-9-11/h2-3H,1H3. The van der Waals surface area contributed by atoms with E-state index < -0.39 is 8.45 Å². The second-order valence-electron chi connectivity index (χ2n) is 1.90. The largest absolute Gasteiger partial charge is 0.323 e. The molecule has 0 saturated carbocycles. The van der Waals surface area contributed by atoms with E-state index in [2.05, 4.69) is 31.1 Å². The summed E-state index contributed by atoms with van der Waals surface area (Å²) in [7, 11) is 0.323. The van der Waals surface area contributed by atoms with Crippen molar-refractivity contribution in [3.63, 3.8) is 0 Å².